The van der Waals surface area contributed by atoms with E-state index in [1.165, 1.54) is 31.4 Å². The first-order valence-corrected chi connectivity index (χ1v) is 7.96. The van der Waals surface area contributed by atoms with Crippen molar-refractivity contribution in [2.24, 2.45) is 0 Å². The van der Waals surface area contributed by atoms with Gasteiger partial charge in [-0.15, -0.1) is 13.2 Å². The van der Waals surface area contributed by atoms with Crippen molar-refractivity contribution in [2.45, 2.75) is 19.7 Å². The van der Waals surface area contributed by atoms with E-state index in [4.69, 9.17) is 9.15 Å². The lowest BCUT2D eigenvalue weighted by Gasteiger charge is -2.12. The fourth-order valence-electron chi connectivity index (χ4n) is 2.83. The molecule has 5 nitrogen and oxygen atoms in total. The highest BCUT2D eigenvalue weighted by atomic mass is 19.4. The maximum atomic E-state index is 12.6. The number of hydrogen-bond donors (Lipinski definition) is 1. The highest BCUT2D eigenvalue weighted by Gasteiger charge is 2.31. The first-order valence-electron chi connectivity index (χ1n) is 7.96. The Morgan fingerprint density at radius 1 is 1.15 bits per heavy atom. The molecule has 1 heterocycles. The Balaban J connectivity index is 2.11. The zero-order valence-electron chi connectivity index (χ0n) is 14.4. The molecule has 0 fully saturated rings. The SMILES string of the molecule is CCc1c(O)c(OC)cc2oc(-c3ccc(OC(F)(F)F)cc3)cc(=O)c12. The summed E-state index contributed by atoms with van der Waals surface area (Å²) >= 11 is 0. The molecule has 0 aliphatic rings. The molecule has 1 aromatic heterocycles. The van der Waals surface area contributed by atoms with Gasteiger partial charge in [-0.25, -0.2) is 0 Å². The molecule has 0 radical (unpaired) electrons. The number of aryl methyl sites for hydroxylation is 1. The molecule has 27 heavy (non-hydrogen) atoms. The van der Waals surface area contributed by atoms with Crippen LogP contribution in [-0.4, -0.2) is 18.6 Å². The zero-order chi connectivity index (χ0) is 19.8. The van der Waals surface area contributed by atoms with Crippen LogP contribution in [0.25, 0.3) is 22.3 Å². The van der Waals surface area contributed by atoms with Crippen LogP contribution in [0, 0.1) is 0 Å². The molecule has 0 atom stereocenters. The topological polar surface area (TPSA) is 68.9 Å². The summed E-state index contributed by atoms with van der Waals surface area (Å²) < 4.78 is 51.4. The number of benzene rings is 2. The van der Waals surface area contributed by atoms with Crippen LogP contribution < -0.4 is 14.9 Å². The second kappa shape index (κ2) is 6.86. The summed E-state index contributed by atoms with van der Waals surface area (Å²) in [5, 5.41) is 10.4. The van der Waals surface area contributed by atoms with Gasteiger partial charge in [-0.1, -0.05) is 6.92 Å². The first kappa shape index (κ1) is 18.6. The third-order valence-corrected chi connectivity index (χ3v) is 4.00. The standard InChI is InChI=1S/C19H15F3O5/c1-3-12-17-13(23)8-14(26-15(17)9-16(25-2)18(12)24)10-4-6-11(7-5-10)27-19(20,21)22/h4-9,24H,3H2,1-2H3. The number of hydrogen-bond acceptors (Lipinski definition) is 5. The second-order valence-corrected chi connectivity index (χ2v) is 5.68. The van der Waals surface area contributed by atoms with Gasteiger partial charge < -0.3 is 19.0 Å². The van der Waals surface area contributed by atoms with Crippen molar-refractivity contribution < 1.29 is 32.2 Å². The Hall–Kier alpha value is -3.16. The number of alkyl halides is 3. The third-order valence-electron chi connectivity index (χ3n) is 4.00. The third kappa shape index (κ3) is 3.69. The summed E-state index contributed by atoms with van der Waals surface area (Å²) in [5.41, 5.74) is 0.628. The van der Waals surface area contributed by atoms with E-state index in [2.05, 4.69) is 4.74 Å². The average Bonchev–Trinajstić information content (AvgIpc) is 2.60. The number of aromatic hydroxyl groups is 1. The average molecular weight is 380 g/mol. The molecular weight excluding hydrogens is 365 g/mol. The van der Waals surface area contributed by atoms with Crippen LogP contribution in [0.4, 0.5) is 13.2 Å². The Kier molecular flexibility index (Phi) is 4.73. The van der Waals surface area contributed by atoms with Gasteiger partial charge in [0, 0.05) is 23.3 Å². The van der Waals surface area contributed by atoms with Gasteiger partial charge in [0.25, 0.3) is 0 Å². The van der Waals surface area contributed by atoms with E-state index >= 15 is 0 Å². The Morgan fingerprint density at radius 3 is 2.37 bits per heavy atom. The summed E-state index contributed by atoms with van der Waals surface area (Å²) in [7, 11) is 1.38. The number of methoxy groups -OCH3 is 1. The zero-order valence-corrected chi connectivity index (χ0v) is 14.4. The minimum atomic E-state index is -4.79. The van der Waals surface area contributed by atoms with E-state index in [1.807, 2.05) is 0 Å². The van der Waals surface area contributed by atoms with Crippen LogP contribution in [-0.2, 0) is 6.42 Å². The molecule has 0 aliphatic carbocycles. The van der Waals surface area contributed by atoms with E-state index in [1.54, 1.807) is 6.92 Å². The largest absolute Gasteiger partial charge is 0.573 e. The van der Waals surface area contributed by atoms with Crippen molar-refractivity contribution in [3.63, 3.8) is 0 Å². The molecule has 142 valence electrons. The van der Waals surface area contributed by atoms with E-state index in [0.29, 0.717) is 17.5 Å². The summed E-state index contributed by atoms with van der Waals surface area (Å²) in [6.45, 7) is 1.78. The molecule has 0 spiro atoms. The minimum absolute atomic E-state index is 0.124. The molecule has 0 saturated carbocycles. The van der Waals surface area contributed by atoms with Crippen molar-refractivity contribution >= 4 is 11.0 Å². The van der Waals surface area contributed by atoms with Crippen molar-refractivity contribution in [2.75, 3.05) is 7.11 Å². The normalized spacial score (nSPS) is 11.6. The van der Waals surface area contributed by atoms with Crippen LogP contribution in [0.2, 0.25) is 0 Å². The molecule has 0 saturated heterocycles. The number of phenolic OH excluding ortho intramolecular Hbond substituents is 1. The van der Waals surface area contributed by atoms with Gasteiger partial charge in [0.05, 0.1) is 12.5 Å². The molecule has 3 aromatic rings. The van der Waals surface area contributed by atoms with Crippen LogP contribution in [0.5, 0.6) is 17.2 Å². The molecule has 2 aromatic carbocycles. The van der Waals surface area contributed by atoms with Crippen LogP contribution in [0.1, 0.15) is 12.5 Å². The number of ether oxygens (including phenoxy) is 2. The highest BCUT2D eigenvalue weighted by molar-refractivity contribution is 5.86. The lowest BCUT2D eigenvalue weighted by atomic mass is 10.0. The Bertz CT molecular complexity index is 1040. The van der Waals surface area contributed by atoms with E-state index in [9.17, 15) is 23.1 Å². The maximum Gasteiger partial charge on any atom is 0.573 e. The van der Waals surface area contributed by atoms with Gasteiger partial charge in [0.1, 0.15) is 17.1 Å². The predicted molar refractivity (Wildman–Crippen MR) is 92.2 cm³/mol. The van der Waals surface area contributed by atoms with Crippen LogP contribution in [0.3, 0.4) is 0 Å². The maximum absolute atomic E-state index is 12.6. The second-order valence-electron chi connectivity index (χ2n) is 5.68. The number of halogens is 3. The predicted octanol–water partition coefficient (Wildman–Crippen LogP) is 4.64. The van der Waals surface area contributed by atoms with Gasteiger partial charge in [-0.2, -0.15) is 0 Å². The Labute approximate surface area is 151 Å². The summed E-state index contributed by atoms with van der Waals surface area (Å²) in [6, 6.07) is 7.58. The van der Waals surface area contributed by atoms with Gasteiger partial charge in [-0.05, 0) is 30.7 Å². The molecule has 0 amide bonds. The van der Waals surface area contributed by atoms with Crippen molar-refractivity contribution in [1.82, 2.24) is 0 Å². The Morgan fingerprint density at radius 2 is 1.81 bits per heavy atom. The van der Waals surface area contributed by atoms with Crippen molar-refractivity contribution in [1.29, 1.82) is 0 Å². The fourth-order valence-corrected chi connectivity index (χ4v) is 2.83. The van der Waals surface area contributed by atoms with Crippen molar-refractivity contribution in [3.05, 3.63) is 52.2 Å². The lowest BCUT2D eigenvalue weighted by Crippen LogP contribution is -2.16. The summed E-state index contributed by atoms with van der Waals surface area (Å²) in [5.74, 6) is -0.176. The van der Waals surface area contributed by atoms with Gasteiger partial charge in [0.15, 0.2) is 16.9 Å². The van der Waals surface area contributed by atoms with Gasteiger partial charge in [-0.3, -0.25) is 4.79 Å². The number of phenols is 1. The molecule has 0 bridgehead atoms. The van der Waals surface area contributed by atoms with Crippen LogP contribution in [0.15, 0.2) is 45.6 Å². The molecule has 8 heteroatoms. The van der Waals surface area contributed by atoms with E-state index < -0.39 is 6.36 Å². The van der Waals surface area contributed by atoms with Gasteiger partial charge in [0.2, 0.25) is 0 Å². The fraction of sp³-hybridized carbons (Fsp3) is 0.211. The van der Waals surface area contributed by atoms with Gasteiger partial charge >= 0.3 is 6.36 Å². The highest BCUT2D eigenvalue weighted by Crippen LogP contribution is 2.37. The van der Waals surface area contributed by atoms with Crippen molar-refractivity contribution in [3.8, 4) is 28.6 Å². The number of rotatable bonds is 4. The monoisotopic (exact) mass is 380 g/mol. The number of fused-ring (bicyclic) bond motifs is 1. The lowest BCUT2D eigenvalue weighted by molar-refractivity contribution is -0.274. The smallest absolute Gasteiger partial charge is 0.504 e. The van der Waals surface area contributed by atoms with E-state index in [-0.39, 0.29) is 39.4 Å². The molecule has 0 aliphatic heterocycles. The molecular formula is C19H15F3O5. The van der Waals surface area contributed by atoms with E-state index in [0.717, 1.165) is 12.1 Å². The molecule has 1 N–H and O–H groups in total. The molecule has 0 unspecified atom stereocenters. The quantitative estimate of drug-likeness (QED) is 0.714. The molecule has 3 rings (SSSR count). The van der Waals surface area contributed by atoms with Crippen LogP contribution >= 0.6 is 0 Å². The first-order chi connectivity index (χ1) is 12.7. The minimum Gasteiger partial charge on any atom is -0.504 e. The summed E-state index contributed by atoms with van der Waals surface area (Å²) in [4.78, 5) is 12.6. The summed E-state index contributed by atoms with van der Waals surface area (Å²) in [6.07, 6.45) is -4.40.